The smallest absolute Gasteiger partial charge is 0.255 e. The minimum absolute atomic E-state index is 0.0339. The number of methoxy groups -OCH3 is 2. The number of carbonyl (C=O) groups excluding carboxylic acids is 1. The second-order valence-electron chi connectivity index (χ2n) is 6.94. The zero-order valence-corrected chi connectivity index (χ0v) is 17.0. The van der Waals surface area contributed by atoms with Gasteiger partial charge < -0.3 is 24.3 Å². The summed E-state index contributed by atoms with van der Waals surface area (Å²) < 4.78 is 12.8. The van der Waals surface area contributed by atoms with Crippen molar-refractivity contribution in [2.75, 3.05) is 34.9 Å². The van der Waals surface area contributed by atoms with Crippen LogP contribution < -0.4 is 14.8 Å². The lowest BCUT2D eigenvalue weighted by Gasteiger charge is -2.25. The van der Waals surface area contributed by atoms with Crippen LogP contribution in [0.4, 0.5) is 0 Å². The Morgan fingerprint density at radius 1 is 1.11 bits per heavy atom. The van der Waals surface area contributed by atoms with Gasteiger partial charge in [0.15, 0.2) is 11.5 Å². The molecule has 0 saturated carbocycles. The molecule has 28 heavy (non-hydrogen) atoms. The van der Waals surface area contributed by atoms with Gasteiger partial charge in [0.25, 0.3) is 5.91 Å². The molecule has 1 amide bonds. The van der Waals surface area contributed by atoms with Gasteiger partial charge in [0.05, 0.1) is 25.8 Å². The van der Waals surface area contributed by atoms with E-state index < -0.39 is 0 Å². The van der Waals surface area contributed by atoms with Crippen LogP contribution >= 0.6 is 0 Å². The molecule has 0 aliphatic heterocycles. The Bertz CT molecular complexity index is 978. The second kappa shape index (κ2) is 8.35. The van der Waals surface area contributed by atoms with Crippen molar-refractivity contribution in [3.8, 4) is 11.5 Å². The highest BCUT2D eigenvalue weighted by Gasteiger charge is 2.22. The van der Waals surface area contributed by atoms with Gasteiger partial charge in [-0.3, -0.25) is 4.79 Å². The first-order valence-corrected chi connectivity index (χ1v) is 9.17. The Hall–Kier alpha value is -2.99. The molecule has 6 nitrogen and oxygen atoms in total. The molecule has 0 saturated heterocycles. The Morgan fingerprint density at radius 2 is 1.86 bits per heavy atom. The predicted molar refractivity (Wildman–Crippen MR) is 111 cm³/mol. The molecular formula is C22H27N3O3. The molecule has 0 aliphatic carbocycles. The van der Waals surface area contributed by atoms with E-state index in [1.807, 2.05) is 33.3 Å². The maximum atomic E-state index is 12.8. The van der Waals surface area contributed by atoms with E-state index in [0.717, 1.165) is 0 Å². The molecule has 1 N–H and O–H groups in total. The van der Waals surface area contributed by atoms with Crippen molar-refractivity contribution >= 4 is 16.8 Å². The topological polar surface area (TPSA) is 55.7 Å². The molecule has 0 aliphatic rings. The third-order valence-corrected chi connectivity index (χ3v) is 5.01. The van der Waals surface area contributed by atoms with Gasteiger partial charge in [-0.05, 0) is 37.9 Å². The molecule has 0 radical (unpaired) electrons. The Balaban J connectivity index is 1.86. The van der Waals surface area contributed by atoms with E-state index in [2.05, 4.69) is 33.1 Å². The summed E-state index contributed by atoms with van der Waals surface area (Å²) in [5, 5.41) is 4.25. The van der Waals surface area contributed by atoms with Crippen LogP contribution in [-0.4, -0.2) is 50.2 Å². The quantitative estimate of drug-likeness (QED) is 0.683. The molecule has 6 heteroatoms. The lowest BCUT2D eigenvalue weighted by Crippen LogP contribution is -2.34. The highest BCUT2D eigenvalue weighted by Crippen LogP contribution is 2.31. The first kappa shape index (κ1) is 19.8. The normalized spacial score (nSPS) is 12.2. The number of aryl methyl sites for hydroxylation is 1. The summed E-state index contributed by atoms with van der Waals surface area (Å²) in [6.07, 6.45) is 2.13. The minimum Gasteiger partial charge on any atom is -0.493 e. The molecule has 1 heterocycles. The molecular weight excluding hydrogens is 354 g/mol. The van der Waals surface area contributed by atoms with Crippen LogP contribution in [0.15, 0.2) is 48.7 Å². The number of fused-ring (bicyclic) bond motifs is 1. The van der Waals surface area contributed by atoms with E-state index in [9.17, 15) is 4.79 Å². The van der Waals surface area contributed by atoms with E-state index in [4.69, 9.17) is 9.47 Å². The van der Waals surface area contributed by atoms with E-state index in [-0.39, 0.29) is 11.9 Å². The van der Waals surface area contributed by atoms with Crippen molar-refractivity contribution in [1.82, 2.24) is 14.8 Å². The first-order valence-electron chi connectivity index (χ1n) is 9.17. The molecule has 0 fully saturated rings. The van der Waals surface area contributed by atoms with E-state index in [1.165, 1.54) is 23.6 Å². The molecule has 1 atom stereocenters. The summed E-state index contributed by atoms with van der Waals surface area (Å²) in [6.45, 7) is 0.472. The molecule has 0 bridgehead atoms. The number of hydrogen-bond acceptors (Lipinski definition) is 4. The third kappa shape index (κ3) is 3.68. The van der Waals surface area contributed by atoms with Gasteiger partial charge in [-0.25, -0.2) is 0 Å². The lowest BCUT2D eigenvalue weighted by atomic mass is 10.0. The Labute approximate surface area is 165 Å². The van der Waals surface area contributed by atoms with Crippen molar-refractivity contribution in [3.05, 3.63) is 59.8 Å². The highest BCUT2D eigenvalue weighted by atomic mass is 16.5. The number of hydrogen-bond donors (Lipinski definition) is 1. The van der Waals surface area contributed by atoms with Gasteiger partial charge in [0, 0.05) is 30.7 Å². The minimum atomic E-state index is -0.192. The third-order valence-electron chi connectivity index (χ3n) is 5.01. The van der Waals surface area contributed by atoms with Crippen LogP contribution in [0.3, 0.4) is 0 Å². The number of para-hydroxylation sites is 2. The maximum Gasteiger partial charge on any atom is 0.255 e. The molecule has 1 aromatic heterocycles. The Kier molecular flexibility index (Phi) is 5.90. The zero-order chi connectivity index (χ0) is 20.3. The van der Waals surface area contributed by atoms with Crippen LogP contribution in [0, 0.1) is 0 Å². The maximum absolute atomic E-state index is 12.8. The Morgan fingerprint density at radius 3 is 2.54 bits per heavy atom. The van der Waals surface area contributed by atoms with Crippen molar-refractivity contribution in [2.24, 2.45) is 7.05 Å². The summed E-state index contributed by atoms with van der Waals surface area (Å²) >= 11 is 0. The van der Waals surface area contributed by atoms with Gasteiger partial charge in [-0.1, -0.05) is 24.3 Å². The largest absolute Gasteiger partial charge is 0.493 e. The number of benzene rings is 2. The summed E-state index contributed by atoms with van der Waals surface area (Å²) in [5.74, 6) is 0.783. The van der Waals surface area contributed by atoms with Crippen LogP contribution in [0.2, 0.25) is 0 Å². The number of rotatable bonds is 7. The molecule has 3 rings (SSSR count). The van der Waals surface area contributed by atoms with Gasteiger partial charge in [0.2, 0.25) is 0 Å². The lowest BCUT2D eigenvalue weighted by molar-refractivity contribution is 0.0938. The number of aromatic nitrogens is 1. The zero-order valence-electron chi connectivity index (χ0n) is 17.0. The fourth-order valence-corrected chi connectivity index (χ4v) is 3.56. The number of carbonyl (C=O) groups is 1. The van der Waals surface area contributed by atoms with Crippen molar-refractivity contribution in [1.29, 1.82) is 0 Å². The number of nitrogens with one attached hydrogen (secondary N) is 1. The highest BCUT2D eigenvalue weighted by molar-refractivity contribution is 5.98. The van der Waals surface area contributed by atoms with Gasteiger partial charge in [-0.2, -0.15) is 0 Å². The monoisotopic (exact) mass is 381 g/mol. The van der Waals surface area contributed by atoms with E-state index >= 15 is 0 Å². The predicted octanol–water partition coefficient (Wildman–Crippen LogP) is 3.23. The van der Waals surface area contributed by atoms with Gasteiger partial charge in [-0.15, -0.1) is 0 Å². The number of likely N-dealkylation sites (N-methyl/N-ethyl adjacent to an activating group) is 1. The van der Waals surface area contributed by atoms with E-state index in [1.54, 1.807) is 25.3 Å². The van der Waals surface area contributed by atoms with Crippen molar-refractivity contribution in [3.63, 3.8) is 0 Å². The number of ether oxygens (including phenoxy) is 2. The molecule has 2 aromatic carbocycles. The van der Waals surface area contributed by atoms with Gasteiger partial charge in [0.1, 0.15) is 0 Å². The summed E-state index contributed by atoms with van der Waals surface area (Å²) in [4.78, 5) is 15.0. The first-order chi connectivity index (χ1) is 13.5. The number of nitrogens with zero attached hydrogens (tertiary/aromatic N) is 2. The van der Waals surface area contributed by atoms with Crippen LogP contribution in [0.25, 0.3) is 10.9 Å². The van der Waals surface area contributed by atoms with E-state index in [0.29, 0.717) is 23.6 Å². The fourth-order valence-electron chi connectivity index (χ4n) is 3.56. The molecule has 3 aromatic rings. The SMILES string of the molecule is COc1cccc(C(=O)NCC(c2cn(C)c3ccccc23)N(C)C)c1OC. The molecule has 148 valence electrons. The van der Waals surface area contributed by atoms with Crippen molar-refractivity contribution < 1.29 is 14.3 Å². The average molecular weight is 381 g/mol. The van der Waals surface area contributed by atoms with Crippen LogP contribution in [0.1, 0.15) is 22.0 Å². The van der Waals surface area contributed by atoms with Crippen LogP contribution in [-0.2, 0) is 7.05 Å². The van der Waals surface area contributed by atoms with Gasteiger partial charge >= 0.3 is 0 Å². The standard InChI is InChI=1S/C22H27N3O3/c1-24(2)19(17-14-25(3)18-11-7-6-9-15(17)18)13-23-22(26)16-10-8-12-20(27-4)21(16)28-5/h6-12,14,19H,13H2,1-5H3,(H,23,26). The van der Waals surface area contributed by atoms with Crippen LogP contribution in [0.5, 0.6) is 11.5 Å². The average Bonchev–Trinajstić information content (AvgIpc) is 3.03. The fraction of sp³-hybridized carbons (Fsp3) is 0.318. The number of amides is 1. The summed E-state index contributed by atoms with van der Waals surface area (Å²) in [7, 11) is 9.17. The van der Waals surface area contributed by atoms with Crippen molar-refractivity contribution in [2.45, 2.75) is 6.04 Å². The summed E-state index contributed by atoms with van der Waals surface area (Å²) in [5.41, 5.74) is 2.81. The summed E-state index contributed by atoms with van der Waals surface area (Å²) in [6, 6.07) is 13.6. The molecule has 0 spiro atoms. The second-order valence-corrected chi connectivity index (χ2v) is 6.94. The molecule has 1 unspecified atom stereocenters.